The molecule has 1 atom stereocenters. The highest BCUT2D eigenvalue weighted by Gasteiger charge is 2.87. The molecule has 4 saturated carbocycles. The van der Waals surface area contributed by atoms with Crippen molar-refractivity contribution in [1.82, 2.24) is 0 Å². The van der Waals surface area contributed by atoms with Gasteiger partial charge in [-0.2, -0.15) is 48.3 Å². The SMILES string of the molecule is CC(C)C1(OC(=O)C(O)CC(F)(F)C(F)(F)C(F)(F)C(F)(F)C(F)(F)F)C2CC3CC(C2)CC1C3. The number of hydrogen-bond acceptors (Lipinski definition) is 3. The van der Waals surface area contributed by atoms with Crippen molar-refractivity contribution in [2.75, 3.05) is 0 Å². The van der Waals surface area contributed by atoms with E-state index in [-0.39, 0.29) is 11.8 Å². The third kappa shape index (κ3) is 4.09. The number of aliphatic hydroxyl groups is 1. The molecule has 0 amide bonds. The van der Waals surface area contributed by atoms with Gasteiger partial charge in [0.05, 0.1) is 6.42 Å². The average Bonchev–Trinajstić information content (AvgIpc) is 2.68. The molecule has 35 heavy (non-hydrogen) atoms. The average molecular weight is 534 g/mol. The van der Waals surface area contributed by atoms with Crippen molar-refractivity contribution in [1.29, 1.82) is 0 Å². The third-order valence-electron chi connectivity index (χ3n) is 7.92. The molecular weight excluding hydrogens is 509 g/mol. The summed E-state index contributed by atoms with van der Waals surface area (Å²) in [4.78, 5) is 12.5. The molecule has 3 nitrogen and oxygen atoms in total. The maximum Gasteiger partial charge on any atom is 0.460 e. The Balaban J connectivity index is 1.80. The first kappa shape index (κ1) is 28.2. The maximum atomic E-state index is 14.0. The summed E-state index contributed by atoms with van der Waals surface area (Å²) >= 11 is 0. The van der Waals surface area contributed by atoms with Crippen LogP contribution in [0.15, 0.2) is 0 Å². The second-order valence-electron chi connectivity index (χ2n) is 10.4. The fourth-order valence-corrected chi connectivity index (χ4v) is 6.45. The first-order chi connectivity index (χ1) is 15.6. The zero-order chi connectivity index (χ0) is 27.0. The summed E-state index contributed by atoms with van der Waals surface area (Å²) in [5.74, 6) is -30.7. The number of hydrogen-bond donors (Lipinski definition) is 1. The molecule has 4 aliphatic carbocycles. The van der Waals surface area contributed by atoms with E-state index in [0.29, 0.717) is 37.5 Å². The highest BCUT2D eigenvalue weighted by molar-refractivity contribution is 5.75. The molecule has 4 rings (SSSR count). The van der Waals surface area contributed by atoms with Crippen molar-refractivity contribution in [3.8, 4) is 0 Å². The summed E-state index contributed by atoms with van der Waals surface area (Å²) in [6.45, 7) is 3.34. The molecular formula is C21H25F11O3. The molecule has 0 aliphatic heterocycles. The van der Waals surface area contributed by atoms with Gasteiger partial charge in [0, 0.05) is 0 Å². The minimum atomic E-state index is -7.59. The van der Waals surface area contributed by atoms with E-state index >= 15 is 0 Å². The number of aliphatic hydroxyl groups excluding tert-OH is 1. The molecule has 0 saturated heterocycles. The van der Waals surface area contributed by atoms with Crippen LogP contribution in [0.5, 0.6) is 0 Å². The maximum absolute atomic E-state index is 14.0. The van der Waals surface area contributed by atoms with Crippen molar-refractivity contribution in [2.45, 2.75) is 93.9 Å². The van der Waals surface area contributed by atoms with Gasteiger partial charge in [0.1, 0.15) is 5.60 Å². The van der Waals surface area contributed by atoms with Crippen LogP contribution in [-0.2, 0) is 9.53 Å². The van der Waals surface area contributed by atoms with E-state index in [0.717, 1.165) is 6.42 Å². The van der Waals surface area contributed by atoms with E-state index in [1.807, 2.05) is 0 Å². The fourth-order valence-electron chi connectivity index (χ4n) is 6.45. The Hall–Kier alpha value is -1.34. The Morgan fingerprint density at radius 3 is 1.60 bits per heavy atom. The number of rotatable bonds is 8. The van der Waals surface area contributed by atoms with Crippen LogP contribution in [0.2, 0.25) is 0 Å². The van der Waals surface area contributed by atoms with E-state index in [9.17, 15) is 58.2 Å². The lowest BCUT2D eigenvalue weighted by molar-refractivity contribution is -0.423. The summed E-state index contributed by atoms with van der Waals surface area (Å²) in [5, 5.41) is 9.85. The number of carbonyl (C=O) groups is 1. The van der Waals surface area contributed by atoms with E-state index in [2.05, 4.69) is 0 Å². The van der Waals surface area contributed by atoms with Crippen molar-refractivity contribution < 1.29 is 62.9 Å². The van der Waals surface area contributed by atoms with Gasteiger partial charge < -0.3 is 9.84 Å². The Labute approximate surface area is 193 Å². The van der Waals surface area contributed by atoms with Gasteiger partial charge in [-0.3, -0.25) is 0 Å². The third-order valence-corrected chi connectivity index (χ3v) is 7.92. The van der Waals surface area contributed by atoms with Crippen molar-refractivity contribution in [3.63, 3.8) is 0 Å². The number of ether oxygens (including phenoxy) is 1. The summed E-state index contributed by atoms with van der Waals surface area (Å²) in [5.41, 5.74) is -1.24. The number of alkyl halides is 11. The molecule has 1 unspecified atom stereocenters. The highest BCUT2D eigenvalue weighted by atomic mass is 19.4. The van der Waals surface area contributed by atoms with Gasteiger partial charge in [0.15, 0.2) is 6.10 Å². The largest absolute Gasteiger partial charge is 0.460 e. The van der Waals surface area contributed by atoms with Crippen LogP contribution >= 0.6 is 0 Å². The van der Waals surface area contributed by atoms with Gasteiger partial charge in [-0.15, -0.1) is 0 Å². The molecule has 1 N–H and O–H groups in total. The van der Waals surface area contributed by atoms with Gasteiger partial charge in [0.2, 0.25) is 0 Å². The predicted molar refractivity (Wildman–Crippen MR) is 97.2 cm³/mol. The second-order valence-corrected chi connectivity index (χ2v) is 10.4. The van der Waals surface area contributed by atoms with E-state index in [1.165, 1.54) is 0 Å². The molecule has 0 aromatic rings. The van der Waals surface area contributed by atoms with E-state index in [4.69, 9.17) is 4.74 Å². The Morgan fingerprint density at radius 1 is 0.800 bits per heavy atom. The van der Waals surface area contributed by atoms with Crippen LogP contribution < -0.4 is 0 Å². The number of halogens is 11. The predicted octanol–water partition coefficient (Wildman–Crippen LogP) is 6.24. The lowest BCUT2D eigenvalue weighted by Crippen LogP contribution is -2.67. The molecule has 0 heterocycles. The summed E-state index contributed by atoms with van der Waals surface area (Å²) in [6.07, 6.45) is -9.77. The van der Waals surface area contributed by atoms with Crippen LogP contribution in [0.4, 0.5) is 48.3 Å². The van der Waals surface area contributed by atoms with Crippen LogP contribution in [0, 0.1) is 29.6 Å². The fraction of sp³-hybridized carbons (Fsp3) is 0.952. The van der Waals surface area contributed by atoms with Crippen LogP contribution in [0.1, 0.15) is 52.4 Å². The highest BCUT2D eigenvalue weighted by Crippen LogP contribution is 2.62. The molecule has 0 aromatic heterocycles. The topological polar surface area (TPSA) is 46.5 Å². The molecule has 0 aromatic carbocycles. The Morgan fingerprint density at radius 2 is 1.23 bits per heavy atom. The van der Waals surface area contributed by atoms with Crippen molar-refractivity contribution in [2.24, 2.45) is 29.6 Å². The molecule has 14 heteroatoms. The molecule has 0 spiro atoms. The normalized spacial score (nSPS) is 32.8. The lowest BCUT2D eigenvalue weighted by Gasteiger charge is -2.62. The van der Waals surface area contributed by atoms with E-state index in [1.54, 1.807) is 13.8 Å². The van der Waals surface area contributed by atoms with Crippen molar-refractivity contribution in [3.05, 3.63) is 0 Å². The molecule has 4 aliphatic rings. The molecule has 204 valence electrons. The standard InChI is InChI=1S/C21H25F11O3/c1-9(2)17(12-4-10-3-11(6-12)7-13(17)5-10)35-15(34)14(33)8-16(22,23)18(24,25)19(26,27)20(28,29)21(30,31)32/h9-14,33H,3-8H2,1-2H3. The van der Waals surface area contributed by atoms with Crippen LogP contribution in [-0.4, -0.2) is 52.6 Å². The zero-order valence-corrected chi connectivity index (χ0v) is 18.6. The number of esters is 1. The van der Waals surface area contributed by atoms with Gasteiger partial charge in [-0.25, -0.2) is 4.79 Å². The minimum absolute atomic E-state index is 0.216. The molecule has 0 radical (unpaired) electrons. The quantitative estimate of drug-likeness (QED) is 0.297. The smallest absolute Gasteiger partial charge is 0.456 e. The monoisotopic (exact) mass is 534 g/mol. The zero-order valence-electron chi connectivity index (χ0n) is 18.6. The van der Waals surface area contributed by atoms with Crippen LogP contribution in [0.25, 0.3) is 0 Å². The van der Waals surface area contributed by atoms with Gasteiger partial charge >= 0.3 is 35.8 Å². The number of carbonyl (C=O) groups excluding carboxylic acids is 1. The van der Waals surface area contributed by atoms with Gasteiger partial charge in [-0.05, 0) is 61.7 Å². The van der Waals surface area contributed by atoms with E-state index < -0.39 is 59.9 Å². The second kappa shape index (κ2) is 8.34. The summed E-state index contributed by atoms with van der Waals surface area (Å²) < 4.78 is 151. The van der Waals surface area contributed by atoms with Crippen LogP contribution in [0.3, 0.4) is 0 Å². The Kier molecular flexibility index (Phi) is 6.73. The first-order valence-electron chi connectivity index (χ1n) is 11.1. The van der Waals surface area contributed by atoms with Gasteiger partial charge in [-0.1, -0.05) is 13.8 Å². The van der Waals surface area contributed by atoms with Gasteiger partial charge in [0.25, 0.3) is 0 Å². The van der Waals surface area contributed by atoms with Crippen molar-refractivity contribution >= 4 is 5.97 Å². The minimum Gasteiger partial charge on any atom is -0.456 e. The first-order valence-corrected chi connectivity index (χ1v) is 11.1. The molecule has 4 bridgehead atoms. The Bertz CT molecular complexity index is 794. The summed E-state index contributed by atoms with van der Waals surface area (Å²) in [6, 6.07) is 0. The summed E-state index contributed by atoms with van der Waals surface area (Å²) in [7, 11) is 0. The lowest BCUT2D eigenvalue weighted by atomic mass is 9.47. The molecule has 4 fully saturated rings.